The Hall–Kier alpha value is -2.35. The minimum Gasteiger partial charge on any atom is -0.396 e. The van der Waals surface area contributed by atoms with Crippen LogP contribution in [-0.4, -0.2) is 27.4 Å². The van der Waals surface area contributed by atoms with E-state index in [1.165, 1.54) is 6.07 Å². The van der Waals surface area contributed by atoms with Crippen LogP contribution in [0.3, 0.4) is 0 Å². The zero-order chi connectivity index (χ0) is 20.9. The van der Waals surface area contributed by atoms with Gasteiger partial charge in [0.15, 0.2) is 5.82 Å². The minimum atomic E-state index is -4.45. The Bertz CT molecular complexity index is 813. The highest BCUT2D eigenvalue weighted by atomic mass is 19.4. The van der Waals surface area contributed by atoms with E-state index in [0.29, 0.717) is 36.7 Å². The number of halogens is 3. The maximum absolute atomic E-state index is 13.2. The van der Waals surface area contributed by atoms with Crippen molar-refractivity contribution in [2.45, 2.75) is 57.2 Å². The molecule has 1 aliphatic carbocycles. The molecule has 2 N–H and O–H groups in total. The van der Waals surface area contributed by atoms with Crippen molar-refractivity contribution in [1.29, 1.82) is 0 Å². The van der Waals surface area contributed by atoms with E-state index < -0.39 is 17.7 Å². The van der Waals surface area contributed by atoms with Crippen LogP contribution in [0.1, 0.15) is 55.6 Å². The fraction of sp³-hybridized carbons (Fsp3) is 0.524. The van der Waals surface area contributed by atoms with Crippen LogP contribution in [-0.2, 0) is 17.5 Å². The van der Waals surface area contributed by atoms with Gasteiger partial charge in [0, 0.05) is 25.4 Å². The summed E-state index contributed by atoms with van der Waals surface area (Å²) in [6.45, 7) is 0.562. The van der Waals surface area contributed by atoms with Gasteiger partial charge in [0.2, 0.25) is 5.91 Å². The second-order valence-corrected chi connectivity index (χ2v) is 7.59. The van der Waals surface area contributed by atoms with Crippen LogP contribution in [0.4, 0.5) is 19.0 Å². The van der Waals surface area contributed by atoms with Crippen molar-refractivity contribution in [2.75, 3.05) is 11.9 Å². The van der Waals surface area contributed by atoms with Gasteiger partial charge in [-0.3, -0.25) is 9.48 Å². The van der Waals surface area contributed by atoms with E-state index >= 15 is 0 Å². The van der Waals surface area contributed by atoms with Crippen molar-refractivity contribution in [1.82, 2.24) is 9.78 Å². The molecule has 1 atom stereocenters. The number of aromatic nitrogens is 2. The first-order valence-electron chi connectivity index (χ1n) is 9.99. The fourth-order valence-corrected chi connectivity index (χ4v) is 3.90. The number of nitrogens with one attached hydrogen (secondary N) is 1. The lowest BCUT2D eigenvalue weighted by atomic mass is 9.86. The van der Waals surface area contributed by atoms with Crippen LogP contribution in [0.15, 0.2) is 36.5 Å². The number of anilines is 1. The highest BCUT2D eigenvalue weighted by Crippen LogP contribution is 2.37. The molecule has 0 bridgehead atoms. The first-order chi connectivity index (χ1) is 13.9. The molecule has 29 heavy (non-hydrogen) atoms. The molecular weight excluding hydrogens is 383 g/mol. The lowest BCUT2D eigenvalue weighted by Crippen LogP contribution is -2.24. The predicted octanol–water partition coefficient (Wildman–Crippen LogP) is 4.59. The summed E-state index contributed by atoms with van der Waals surface area (Å²) in [6, 6.07) is 6.70. The molecule has 1 aromatic carbocycles. The van der Waals surface area contributed by atoms with Crippen molar-refractivity contribution < 1.29 is 23.1 Å². The smallest absolute Gasteiger partial charge is 0.396 e. The maximum Gasteiger partial charge on any atom is 0.416 e. The first-order valence-corrected chi connectivity index (χ1v) is 9.99. The van der Waals surface area contributed by atoms with Crippen LogP contribution >= 0.6 is 0 Å². The number of alkyl halides is 3. The monoisotopic (exact) mass is 409 g/mol. The van der Waals surface area contributed by atoms with Crippen molar-refractivity contribution in [3.63, 3.8) is 0 Å². The summed E-state index contributed by atoms with van der Waals surface area (Å²) in [6.07, 6.45) is 2.50. The molecule has 1 aliphatic rings. The number of rotatable bonds is 8. The van der Waals surface area contributed by atoms with E-state index in [9.17, 15) is 18.0 Å². The molecule has 1 fully saturated rings. The van der Waals surface area contributed by atoms with Crippen LogP contribution in [0.25, 0.3) is 0 Å². The summed E-state index contributed by atoms with van der Waals surface area (Å²) in [5, 5.41) is 15.9. The summed E-state index contributed by atoms with van der Waals surface area (Å²) in [5.41, 5.74) is -0.364. The highest BCUT2D eigenvalue weighted by Gasteiger charge is 2.33. The third-order valence-corrected chi connectivity index (χ3v) is 5.41. The summed E-state index contributed by atoms with van der Waals surface area (Å²) < 4.78 is 41.1. The molecule has 8 heteroatoms. The lowest BCUT2D eigenvalue weighted by Gasteiger charge is -2.21. The van der Waals surface area contributed by atoms with Crippen LogP contribution in [0.2, 0.25) is 0 Å². The molecule has 158 valence electrons. The molecule has 0 aliphatic heterocycles. The number of carbonyl (C=O) groups excluding carboxylic acids is 1. The molecule has 0 radical (unpaired) electrons. The number of aryl methyl sites for hydroxylation is 1. The topological polar surface area (TPSA) is 67.2 Å². The quantitative estimate of drug-likeness (QED) is 0.670. The fourth-order valence-electron chi connectivity index (χ4n) is 3.90. The number of nitrogens with zero attached hydrogens (tertiary/aromatic N) is 2. The average molecular weight is 409 g/mol. The van der Waals surface area contributed by atoms with Gasteiger partial charge >= 0.3 is 6.18 Å². The SMILES string of the molecule is O=C(Nc1ccn(CCCO)n1)C(CC1CCCC1)c1cccc(C(F)(F)F)c1. The minimum absolute atomic E-state index is 0.0422. The molecule has 3 rings (SSSR count). The van der Waals surface area contributed by atoms with Crippen molar-refractivity contribution >= 4 is 11.7 Å². The summed E-state index contributed by atoms with van der Waals surface area (Å²) in [7, 11) is 0. The lowest BCUT2D eigenvalue weighted by molar-refractivity contribution is -0.137. The molecule has 1 aromatic heterocycles. The van der Waals surface area contributed by atoms with E-state index in [1.807, 2.05) is 0 Å². The van der Waals surface area contributed by atoms with Crippen molar-refractivity contribution in [2.24, 2.45) is 5.92 Å². The Balaban J connectivity index is 1.79. The van der Waals surface area contributed by atoms with Gasteiger partial charge in [0.05, 0.1) is 11.5 Å². The standard InChI is InChI=1S/C21H26F3N3O2/c22-21(23,24)17-8-3-7-16(14-17)18(13-15-5-1-2-6-15)20(29)25-19-9-11-27(26-19)10-4-12-28/h3,7-9,11,14-15,18,28H,1-2,4-6,10,12-13H2,(H,25,26,29). The van der Waals surface area contributed by atoms with Crippen LogP contribution in [0, 0.1) is 5.92 Å². The second-order valence-electron chi connectivity index (χ2n) is 7.59. The Labute approximate surface area is 167 Å². The molecular formula is C21H26F3N3O2. The third kappa shape index (κ3) is 5.82. The van der Waals surface area contributed by atoms with E-state index in [-0.39, 0.29) is 12.5 Å². The zero-order valence-electron chi connectivity index (χ0n) is 16.2. The Morgan fingerprint density at radius 2 is 2.03 bits per heavy atom. The van der Waals surface area contributed by atoms with Gasteiger partial charge in [-0.15, -0.1) is 0 Å². The van der Waals surface area contributed by atoms with Gasteiger partial charge in [0.1, 0.15) is 0 Å². The Morgan fingerprint density at radius 3 is 2.72 bits per heavy atom. The largest absolute Gasteiger partial charge is 0.416 e. The Kier molecular flexibility index (Phi) is 6.95. The van der Waals surface area contributed by atoms with E-state index in [2.05, 4.69) is 10.4 Å². The predicted molar refractivity (Wildman–Crippen MR) is 103 cm³/mol. The molecule has 1 saturated carbocycles. The molecule has 1 amide bonds. The normalized spacial score (nSPS) is 16.1. The third-order valence-electron chi connectivity index (χ3n) is 5.41. The molecule has 1 unspecified atom stereocenters. The van der Waals surface area contributed by atoms with Gasteiger partial charge in [-0.1, -0.05) is 43.9 Å². The molecule has 5 nitrogen and oxygen atoms in total. The summed E-state index contributed by atoms with van der Waals surface area (Å²) in [4.78, 5) is 13.0. The van der Waals surface area contributed by atoms with Gasteiger partial charge in [0.25, 0.3) is 0 Å². The van der Waals surface area contributed by atoms with Gasteiger partial charge < -0.3 is 10.4 Å². The Morgan fingerprint density at radius 1 is 1.28 bits per heavy atom. The number of hydrogen-bond acceptors (Lipinski definition) is 3. The highest BCUT2D eigenvalue weighted by molar-refractivity contribution is 5.95. The molecule has 0 saturated heterocycles. The number of carbonyl (C=O) groups is 1. The van der Waals surface area contributed by atoms with Crippen LogP contribution < -0.4 is 5.32 Å². The second kappa shape index (κ2) is 9.43. The van der Waals surface area contributed by atoms with E-state index in [4.69, 9.17) is 5.11 Å². The molecule has 1 heterocycles. The zero-order valence-corrected chi connectivity index (χ0v) is 16.2. The first kappa shape index (κ1) is 21.4. The number of benzene rings is 1. The molecule has 0 spiro atoms. The number of aliphatic hydroxyl groups is 1. The number of aliphatic hydroxyl groups excluding tert-OH is 1. The average Bonchev–Trinajstić information content (AvgIpc) is 3.35. The summed E-state index contributed by atoms with van der Waals surface area (Å²) >= 11 is 0. The number of hydrogen-bond donors (Lipinski definition) is 2. The van der Waals surface area contributed by atoms with Gasteiger partial charge in [-0.25, -0.2) is 0 Å². The summed E-state index contributed by atoms with van der Waals surface area (Å²) in [5.74, 6) is -0.314. The van der Waals surface area contributed by atoms with Gasteiger partial charge in [-0.05, 0) is 30.4 Å². The van der Waals surface area contributed by atoms with Gasteiger partial charge in [-0.2, -0.15) is 18.3 Å². The van der Waals surface area contributed by atoms with Crippen LogP contribution in [0.5, 0.6) is 0 Å². The van der Waals surface area contributed by atoms with E-state index in [0.717, 1.165) is 37.8 Å². The van der Waals surface area contributed by atoms with Crippen molar-refractivity contribution in [3.05, 3.63) is 47.7 Å². The van der Waals surface area contributed by atoms with E-state index in [1.54, 1.807) is 23.0 Å². The maximum atomic E-state index is 13.2. The number of amides is 1. The van der Waals surface area contributed by atoms with Crippen molar-refractivity contribution in [3.8, 4) is 0 Å². The molecule has 2 aromatic rings.